The fourth-order valence-electron chi connectivity index (χ4n) is 4.43. The van der Waals surface area contributed by atoms with Crippen LogP contribution in [0.15, 0.2) is 92.3 Å². The summed E-state index contributed by atoms with van der Waals surface area (Å²) in [5.74, 6) is 0.487. The highest BCUT2D eigenvalue weighted by Gasteiger charge is 2.32. The monoisotopic (exact) mass is 605 g/mol. The number of para-hydroxylation sites is 1. The zero-order valence-electron chi connectivity index (χ0n) is 21.3. The van der Waals surface area contributed by atoms with Crippen LogP contribution in [0.2, 0.25) is 0 Å². The summed E-state index contributed by atoms with van der Waals surface area (Å²) in [6.07, 6.45) is 1.60. The van der Waals surface area contributed by atoms with Gasteiger partial charge >= 0.3 is 0 Å². The molecule has 0 spiro atoms. The number of nitrogens with one attached hydrogen (secondary N) is 1. The maximum absolute atomic E-state index is 13.9. The number of rotatable bonds is 6. The predicted octanol–water partition coefficient (Wildman–Crippen LogP) is 4.36. The van der Waals surface area contributed by atoms with Crippen LogP contribution in [0.4, 0.5) is 5.69 Å². The fraction of sp³-hybridized carbons (Fsp3) is 0.138. The lowest BCUT2D eigenvalue weighted by atomic mass is 9.95. The Balaban J connectivity index is 1.69. The van der Waals surface area contributed by atoms with Gasteiger partial charge in [0.1, 0.15) is 5.75 Å². The molecule has 1 aromatic heterocycles. The van der Waals surface area contributed by atoms with Gasteiger partial charge in [0.25, 0.3) is 11.5 Å². The first-order valence-electron chi connectivity index (χ1n) is 11.9. The van der Waals surface area contributed by atoms with Crippen LogP contribution in [0.25, 0.3) is 6.08 Å². The van der Waals surface area contributed by atoms with Crippen molar-refractivity contribution in [3.05, 3.63) is 113 Å². The lowest BCUT2D eigenvalue weighted by Crippen LogP contribution is -2.40. The molecule has 0 saturated carbocycles. The number of amides is 1. The summed E-state index contributed by atoms with van der Waals surface area (Å²) < 4.78 is 13.1. The van der Waals surface area contributed by atoms with Gasteiger partial charge in [0.15, 0.2) is 16.3 Å². The number of benzene rings is 3. The van der Waals surface area contributed by atoms with Crippen LogP contribution in [0.3, 0.4) is 0 Å². The molecule has 8 nitrogen and oxygen atoms in total. The summed E-state index contributed by atoms with van der Waals surface area (Å²) in [5, 5.41) is 13.6. The number of fused-ring (bicyclic) bond motifs is 1. The second kappa shape index (κ2) is 10.9. The average molecular weight is 606 g/mol. The molecule has 1 atom stereocenters. The van der Waals surface area contributed by atoms with Crippen LogP contribution in [-0.4, -0.2) is 29.8 Å². The maximum Gasteiger partial charge on any atom is 0.271 e. The molecule has 2 heterocycles. The minimum Gasteiger partial charge on any atom is -0.504 e. The first-order valence-corrected chi connectivity index (χ1v) is 13.5. The first kappa shape index (κ1) is 26.5. The number of anilines is 1. The van der Waals surface area contributed by atoms with Crippen molar-refractivity contribution in [1.29, 1.82) is 0 Å². The number of phenolic OH excluding ortho intramolecular Hbond substituents is 1. The largest absolute Gasteiger partial charge is 0.504 e. The van der Waals surface area contributed by atoms with E-state index in [0.29, 0.717) is 42.1 Å². The van der Waals surface area contributed by atoms with Crippen LogP contribution in [0.5, 0.6) is 17.2 Å². The van der Waals surface area contributed by atoms with Crippen molar-refractivity contribution in [2.45, 2.75) is 13.0 Å². The van der Waals surface area contributed by atoms with Gasteiger partial charge in [-0.05, 0) is 55.0 Å². The quantitative estimate of drug-likeness (QED) is 0.340. The highest BCUT2D eigenvalue weighted by atomic mass is 79.9. The van der Waals surface area contributed by atoms with Gasteiger partial charge in [0.2, 0.25) is 0 Å². The molecule has 5 rings (SSSR count). The summed E-state index contributed by atoms with van der Waals surface area (Å²) >= 11 is 4.60. The summed E-state index contributed by atoms with van der Waals surface area (Å²) in [6.45, 7) is 1.76. The number of halogens is 1. The lowest BCUT2D eigenvalue weighted by molar-refractivity contribution is -0.113. The molecule has 1 aliphatic rings. The molecule has 0 radical (unpaired) electrons. The summed E-state index contributed by atoms with van der Waals surface area (Å²) in [7, 11) is 3.03. The molecule has 0 aliphatic carbocycles. The van der Waals surface area contributed by atoms with E-state index < -0.39 is 6.04 Å². The van der Waals surface area contributed by atoms with Crippen molar-refractivity contribution in [3.63, 3.8) is 0 Å². The number of aromatic hydroxyl groups is 1. The zero-order valence-corrected chi connectivity index (χ0v) is 23.7. The van der Waals surface area contributed by atoms with E-state index in [2.05, 4.69) is 26.2 Å². The molecule has 1 aliphatic heterocycles. The van der Waals surface area contributed by atoms with Gasteiger partial charge in [-0.15, -0.1) is 0 Å². The number of carbonyl (C=O) groups is 1. The van der Waals surface area contributed by atoms with Gasteiger partial charge in [-0.3, -0.25) is 14.2 Å². The van der Waals surface area contributed by atoms with Gasteiger partial charge < -0.3 is 19.9 Å². The second-order valence-corrected chi connectivity index (χ2v) is 10.6. The first-order chi connectivity index (χ1) is 18.8. The molecule has 0 fully saturated rings. The number of nitrogens with zero attached hydrogens (tertiary/aromatic N) is 2. The number of hydrogen-bond donors (Lipinski definition) is 2. The van der Waals surface area contributed by atoms with E-state index in [-0.39, 0.29) is 23.0 Å². The summed E-state index contributed by atoms with van der Waals surface area (Å²) in [4.78, 5) is 32.6. The van der Waals surface area contributed by atoms with E-state index in [1.165, 1.54) is 23.0 Å². The lowest BCUT2D eigenvalue weighted by Gasteiger charge is -2.25. The number of allylic oxidation sites excluding steroid dienone is 1. The molecular weight excluding hydrogens is 582 g/mol. The molecule has 0 unspecified atom stereocenters. The molecule has 2 N–H and O–H groups in total. The third-order valence-electron chi connectivity index (χ3n) is 6.31. The van der Waals surface area contributed by atoms with Crippen LogP contribution < -0.4 is 29.7 Å². The Labute approximate surface area is 236 Å². The Morgan fingerprint density at radius 2 is 1.82 bits per heavy atom. The maximum atomic E-state index is 13.9. The Morgan fingerprint density at radius 3 is 2.49 bits per heavy atom. The smallest absolute Gasteiger partial charge is 0.271 e. The molecule has 39 heavy (non-hydrogen) atoms. The number of aromatic nitrogens is 1. The fourth-order valence-corrected chi connectivity index (χ4v) is 5.93. The third-order valence-corrected chi connectivity index (χ3v) is 7.75. The van der Waals surface area contributed by atoms with E-state index in [0.717, 1.165) is 5.56 Å². The molecule has 4 aromatic rings. The summed E-state index contributed by atoms with van der Waals surface area (Å²) in [6, 6.07) is 19.0. The Kier molecular flexibility index (Phi) is 7.40. The van der Waals surface area contributed by atoms with Crippen molar-refractivity contribution in [2.75, 3.05) is 19.5 Å². The highest BCUT2D eigenvalue weighted by molar-refractivity contribution is 9.10. The standard InChI is InChI=1S/C29H24BrN3O5S/c1-16-24(27(35)32-20-7-5-4-6-8-20)25(17-9-11-21(37-2)12-10-17)33-28(36)23(39-29(33)31-16)14-18-13-19(30)15-22(38-3)26(18)34/h4-15,25,34H,1-3H3,(H,32,35)/b23-14+/t25-/m0/s1. The summed E-state index contributed by atoms with van der Waals surface area (Å²) in [5.41, 5.74) is 2.29. The minimum absolute atomic E-state index is 0.0858. The molecule has 3 aromatic carbocycles. The van der Waals surface area contributed by atoms with Gasteiger partial charge in [0, 0.05) is 15.7 Å². The molecule has 0 saturated heterocycles. The second-order valence-electron chi connectivity index (χ2n) is 8.72. The number of phenols is 1. The minimum atomic E-state index is -0.733. The van der Waals surface area contributed by atoms with E-state index in [9.17, 15) is 14.7 Å². The van der Waals surface area contributed by atoms with Crippen molar-refractivity contribution >= 4 is 44.9 Å². The molecule has 0 bridgehead atoms. The number of ether oxygens (including phenoxy) is 2. The van der Waals surface area contributed by atoms with E-state index in [1.807, 2.05) is 30.3 Å². The van der Waals surface area contributed by atoms with Gasteiger partial charge in [-0.2, -0.15) is 0 Å². The van der Waals surface area contributed by atoms with Crippen molar-refractivity contribution in [3.8, 4) is 17.2 Å². The molecule has 198 valence electrons. The number of thiazole rings is 1. The van der Waals surface area contributed by atoms with Crippen LogP contribution >= 0.6 is 27.3 Å². The van der Waals surface area contributed by atoms with Crippen molar-refractivity contribution in [2.24, 2.45) is 4.99 Å². The Morgan fingerprint density at radius 1 is 1.10 bits per heavy atom. The highest BCUT2D eigenvalue weighted by Crippen LogP contribution is 2.34. The third kappa shape index (κ3) is 5.13. The van der Waals surface area contributed by atoms with E-state index in [1.54, 1.807) is 56.5 Å². The molecular formula is C29H24BrN3O5S. The van der Waals surface area contributed by atoms with Gasteiger partial charge in [-0.1, -0.05) is 57.6 Å². The molecule has 10 heteroatoms. The van der Waals surface area contributed by atoms with Crippen LogP contribution in [0.1, 0.15) is 24.1 Å². The van der Waals surface area contributed by atoms with Crippen LogP contribution in [0, 0.1) is 0 Å². The Bertz CT molecular complexity index is 1780. The average Bonchev–Trinajstić information content (AvgIpc) is 3.24. The van der Waals surface area contributed by atoms with Crippen molar-refractivity contribution in [1.82, 2.24) is 4.57 Å². The Hall–Kier alpha value is -4.15. The normalized spacial score (nSPS) is 15.0. The van der Waals surface area contributed by atoms with E-state index in [4.69, 9.17) is 9.47 Å². The van der Waals surface area contributed by atoms with Crippen molar-refractivity contribution < 1.29 is 19.4 Å². The number of methoxy groups -OCH3 is 2. The predicted molar refractivity (Wildman–Crippen MR) is 154 cm³/mol. The number of hydrogen-bond acceptors (Lipinski definition) is 7. The van der Waals surface area contributed by atoms with Gasteiger partial charge in [0.05, 0.1) is 36.1 Å². The number of carbonyl (C=O) groups excluding carboxylic acids is 1. The SMILES string of the molecule is COc1ccc([C@H]2C(C(=O)Nc3ccccc3)=C(C)N=c3s/c(=C/c4cc(Br)cc(OC)c4O)c(=O)n32)cc1. The molecule has 1 amide bonds. The van der Waals surface area contributed by atoms with Crippen LogP contribution in [-0.2, 0) is 4.79 Å². The topological polar surface area (TPSA) is 102 Å². The zero-order chi connectivity index (χ0) is 27.7. The van der Waals surface area contributed by atoms with Gasteiger partial charge in [-0.25, -0.2) is 4.99 Å². The van der Waals surface area contributed by atoms with E-state index >= 15 is 0 Å².